The van der Waals surface area contributed by atoms with Gasteiger partial charge >= 0.3 is 0 Å². The van der Waals surface area contributed by atoms with E-state index in [2.05, 4.69) is 10.3 Å². The zero-order valence-electron chi connectivity index (χ0n) is 15.2. The number of carbonyl (C=O) groups excluding carboxylic acids is 1. The second-order valence-electron chi connectivity index (χ2n) is 5.68. The summed E-state index contributed by atoms with van der Waals surface area (Å²) < 4.78 is 15.9. The number of pyridine rings is 1. The molecule has 144 valence electrons. The van der Waals surface area contributed by atoms with Crippen LogP contribution in [-0.4, -0.2) is 36.6 Å². The lowest BCUT2D eigenvalue weighted by Gasteiger charge is -2.11. The number of non-ortho nitro benzene ring substituents is 1. The van der Waals surface area contributed by atoms with E-state index in [0.717, 1.165) is 0 Å². The van der Waals surface area contributed by atoms with Crippen LogP contribution >= 0.6 is 0 Å². The molecule has 3 aromatic rings. The number of hydrogen-bond acceptors (Lipinski definition) is 7. The van der Waals surface area contributed by atoms with E-state index in [9.17, 15) is 14.9 Å². The summed E-state index contributed by atoms with van der Waals surface area (Å²) in [6, 6.07) is 10.9. The predicted molar refractivity (Wildman–Crippen MR) is 102 cm³/mol. The third kappa shape index (κ3) is 4.09. The monoisotopic (exact) mass is 383 g/mol. The maximum absolute atomic E-state index is 12.2. The lowest BCUT2D eigenvalue weighted by Crippen LogP contribution is -2.20. The Balaban J connectivity index is 1.75. The number of nitrogens with one attached hydrogen (secondary N) is 1. The molecule has 0 aliphatic carbocycles. The number of carbonyl (C=O) groups is 1. The molecule has 0 fully saturated rings. The fourth-order valence-electron chi connectivity index (χ4n) is 2.63. The van der Waals surface area contributed by atoms with Crippen LogP contribution in [0.15, 0.2) is 48.7 Å². The van der Waals surface area contributed by atoms with Crippen LogP contribution in [0.25, 0.3) is 10.9 Å². The molecule has 0 saturated carbocycles. The van der Waals surface area contributed by atoms with E-state index in [-0.39, 0.29) is 18.0 Å². The van der Waals surface area contributed by atoms with E-state index in [1.165, 1.54) is 32.5 Å². The molecule has 1 N–H and O–H groups in total. The van der Waals surface area contributed by atoms with Gasteiger partial charge in [0.05, 0.1) is 24.5 Å². The molecule has 1 heterocycles. The van der Waals surface area contributed by atoms with Crippen LogP contribution in [0.5, 0.6) is 17.2 Å². The van der Waals surface area contributed by atoms with Crippen molar-refractivity contribution in [1.82, 2.24) is 4.98 Å². The maximum Gasteiger partial charge on any atom is 0.279 e. The summed E-state index contributed by atoms with van der Waals surface area (Å²) in [4.78, 5) is 27.1. The predicted octanol–water partition coefficient (Wildman–Crippen LogP) is 3.18. The maximum atomic E-state index is 12.2. The quantitative estimate of drug-likeness (QED) is 0.492. The average Bonchev–Trinajstić information content (AvgIpc) is 2.71. The number of anilines is 1. The Labute approximate surface area is 160 Å². The summed E-state index contributed by atoms with van der Waals surface area (Å²) in [5, 5.41) is 14.2. The van der Waals surface area contributed by atoms with Gasteiger partial charge in [-0.3, -0.25) is 19.9 Å². The van der Waals surface area contributed by atoms with E-state index >= 15 is 0 Å². The minimum Gasteiger partial charge on any atom is -0.497 e. The molecule has 2 aromatic carbocycles. The van der Waals surface area contributed by atoms with E-state index in [1.807, 2.05) is 0 Å². The van der Waals surface area contributed by atoms with Crippen LogP contribution in [0.2, 0.25) is 0 Å². The van der Waals surface area contributed by atoms with Gasteiger partial charge in [-0.1, -0.05) is 0 Å². The molecule has 0 aliphatic rings. The number of fused-ring (bicyclic) bond motifs is 1. The number of ether oxygens (including phenoxy) is 3. The summed E-state index contributed by atoms with van der Waals surface area (Å²) in [6.07, 6.45) is 1.50. The first-order valence-corrected chi connectivity index (χ1v) is 8.19. The molecule has 0 unspecified atom stereocenters. The van der Waals surface area contributed by atoms with Crippen molar-refractivity contribution in [1.29, 1.82) is 0 Å². The van der Waals surface area contributed by atoms with Gasteiger partial charge in [-0.2, -0.15) is 0 Å². The number of aromatic nitrogens is 1. The highest BCUT2D eigenvalue weighted by Gasteiger charge is 2.16. The fourth-order valence-corrected chi connectivity index (χ4v) is 2.63. The number of benzene rings is 2. The zero-order valence-corrected chi connectivity index (χ0v) is 15.2. The lowest BCUT2D eigenvalue weighted by molar-refractivity contribution is -0.383. The Morgan fingerprint density at radius 3 is 2.50 bits per heavy atom. The second-order valence-corrected chi connectivity index (χ2v) is 5.68. The first kappa shape index (κ1) is 18.9. The van der Waals surface area contributed by atoms with Gasteiger partial charge < -0.3 is 19.5 Å². The highest BCUT2D eigenvalue weighted by molar-refractivity contribution is 5.94. The van der Waals surface area contributed by atoms with Gasteiger partial charge in [0.2, 0.25) is 0 Å². The number of methoxy groups -OCH3 is 2. The van der Waals surface area contributed by atoms with E-state index < -0.39 is 10.8 Å². The highest BCUT2D eigenvalue weighted by atomic mass is 16.6. The number of amides is 1. The third-order valence-electron chi connectivity index (χ3n) is 3.90. The number of nitro groups is 1. The number of rotatable bonds is 7. The van der Waals surface area contributed by atoms with Gasteiger partial charge in [-0.25, -0.2) is 0 Å². The minimum absolute atomic E-state index is 0.0802. The Bertz CT molecular complexity index is 1020. The number of hydrogen-bond donors (Lipinski definition) is 1. The van der Waals surface area contributed by atoms with Crippen LogP contribution < -0.4 is 19.5 Å². The van der Waals surface area contributed by atoms with E-state index in [0.29, 0.717) is 28.1 Å². The molecule has 0 saturated heterocycles. The molecule has 1 amide bonds. The molecular formula is C19H17N3O6. The van der Waals surface area contributed by atoms with Gasteiger partial charge in [-0.05, 0) is 18.2 Å². The molecule has 1 aromatic heterocycles. The molecule has 28 heavy (non-hydrogen) atoms. The van der Waals surface area contributed by atoms with Crippen molar-refractivity contribution in [2.24, 2.45) is 0 Å². The normalized spacial score (nSPS) is 10.4. The van der Waals surface area contributed by atoms with Gasteiger partial charge in [0, 0.05) is 36.1 Å². The highest BCUT2D eigenvalue weighted by Crippen LogP contribution is 2.31. The summed E-state index contributed by atoms with van der Waals surface area (Å²) >= 11 is 0. The Hall–Kier alpha value is -3.88. The smallest absolute Gasteiger partial charge is 0.279 e. The molecular weight excluding hydrogens is 366 g/mol. The average molecular weight is 383 g/mol. The molecule has 0 atom stereocenters. The molecule has 3 rings (SSSR count). The largest absolute Gasteiger partial charge is 0.497 e. The van der Waals surface area contributed by atoms with Crippen LogP contribution in [0.4, 0.5) is 11.4 Å². The van der Waals surface area contributed by atoms with Crippen LogP contribution in [-0.2, 0) is 4.79 Å². The van der Waals surface area contributed by atoms with Crippen molar-refractivity contribution in [2.75, 3.05) is 26.1 Å². The lowest BCUT2D eigenvalue weighted by atomic mass is 10.1. The summed E-state index contributed by atoms with van der Waals surface area (Å²) in [5.41, 5.74) is 0.715. The molecule has 9 nitrogen and oxygen atoms in total. The fraction of sp³-hybridized carbons (Fsp3) is 0.158. The number of nitrogens with zero attached hydrogens (tertiary/aromatic N) is 2. The van der Waals surface area contributed by atoms with Crippen LogP contribution in [0.1, 0.15) is 0 Å². The first-order chi connectivity index (χ1) is 13.5. The molecule has 9 heteroatoms. The van der Waals surface area contributed by atoms with Crippen molar-refractivity contribution in [3.05, 3.63) is 58.8 Å². The number of nitro benzene ring substituents is 1. The second kappa shape index (κ2) is 8.21. The summed E-state index contributed by atoms with van der Waals surface area (Å²) in [5.74, 6) is 0.916. The van der Waals surface area contributed by atoms with Crippen molar-refractivity contribution in [3.8, 4) is 17.2 Å². The Kier molecular flexibility index (Phi) is 5.54. The van der Waals surface area contributed by atoms with Crippen LogP contribution in [0, 0.1) is 10.1 Å². The zero-order chi connectivity index (χ0) is 20.1. The van der Waals surface area contributed by atoms with Gasteiger partial charge in [0.15, 0.2) is 6.61 Å². The van der Waals surface area contributed by atoms with Crippen molar-refractivity contribution >= 4 is 28.2 Å². The molecule has 0 aliphatic heterocycles. The van der Waals surface area contributed by atoms with Crippen molar-refractivity contribution in [2.45, 2.75) is 0 Å². The standard InChI is InChI=1S/C19H17N3O6/c1-26-13-8-12(9-14(10-13)27-2)21-18(23)11-28-17-6-5-16(22(24)25)15-4-3-7-20-19(15)17/h3-10H,11H2,1-2H3,(H,21,23). The van der Waals surface area contributed by atoms with Gasteiger partial charge in [0.25, 0.3) is 11.6 Å². The van der Waals surface area contributed by atoms with Crippen LogP contribution in [0.3, 0.4) is 0 Å². The Morgan fingerprint density at radius 2 is 1.86 bits per heavy atom. The first-order valence-electron chi connectivity index (χ1n) is 8.19. The van der Waals surface area contributed by atoms with Crippen molar-refractivity contribution < 1.29 is 23.9 Å². The SMILES string of the molecule is COc1cc(NC(=O)COc2ccc([N+](=O)[O-])c3cccnc23)cc(OC)c1. The third-order valence-corrected chi connectivity index (χ3v) is 3.90. The van der Waals surface area contributed by atoms with E-state index in [4.69, 9.17) is 14.2 Å². The van der Waals surface area contributed by atoms with Crippen molar-refractivity contribution in [3.63, 3.8) is 0 Å². The summed E-state index contributed by atoms with van der Waals surface area (Å²) in [7, 11) is 3.02. The molecule has 0 spiro atoms. The summed E-state index contributed by atoms with van der Waals surface area (Å²) in [6.45, 7) is -0.303. The molecule has 0 radical (unpaired) electrons. The van der Waals surface area contributed by atoms with Gasteiger partial charge in [0.1, 0.15) is 22.8 Å². The van der Waals surface area contributed by atoms with E-state index in [1.54, 1.807) is 30.3 Å². The Morgan fingerprint density at radius 1 is 1.14 bits per heavy atom. The van der Waals surface area contributed by atoms with Gasteiger partial charge in [-0.15, -0.1) is 0 Å². The topological polar surface area (TPSA) is 113 Å². The minimum atomic E-state index is -0.489. The molecule has 0 bridgehead atoms.